The number of nitrogens with one attached hydrogen (secondary N) is 2. The number of benzene rings is 1. The lowest BCUT2D eigenvalue weighted by Gasteiger charge is -2.18. The van der Waals surface area contributed by atoms with Crippen molar-refractivity contribution in [3.63, 3.8) is 0 Å². The largest absolute Gasteiger partial charge is 0.493 e. The van der Waals surface area contributed by atoms with Crippen LogP contribution in [-0.2, 0) is 6.54 Å². The molecule has 0 spiro atoms. The Labute approximate surface area is 184 Å². The van der Waals surface area contributed by atoms with Crippen molar-refractivity contribution in [1.82, 2.24) is 15.6 Å². The Hall–Kier alpha value is -1.35. The van der Waals surface area contributed by atoms with E-state index in [1.165, 1.54) is 10.4 Å². The van der Waals surface area contributed by atoms with Crippen LogP contribution in [0.5, 0.6) is 5.75 Å². The van der Waals surface area contributed by atoms with Gasteiger partial charge in [0, 0.05) is 17.6 Å². The Morgan fingerprint density at radius 3 is 2.48 bits per heavy atom. The van der Waals surface area contributed by atoms with E-state index in [2.05, 4.69) is 60.4 Å². The Kier molecular flexibility index (Phi) is 10.7. The minimum atomic E-state index is 0. The summed E-state index contributed by atoms with van der Waals surface area (Å²) >= 11 is 1.68. The quantitative estimate of drug-likeness (QED) is 0.306. The monoisotopic (exact) mass is 502 g/mol. The van der Waals surface area contributed by atoms with Crippen molar-refractivity contribution in [3.05, 3.63) is 45.9 Å². The molecule has 2 N–H and O–H groups in total. The molecule has 0 aliphatic carbocycles. The average Bonchev–Trinajstić information content (AvgIpc) is 3.04. The smallest absolute Gasteiger partial charge is 0.192 e. The molecule has 0 aliphatic rings. The second kappa shape index (κ2) is 12.2. The molecule has 1 atom stereocenters. The molecule has 5 nitrogen and oxygen atoms in total. The fourth-order valence-corrected chi connectivity index (χ4v) is 3.08. The molecule has 0 radical (unpaired) electrons. The average molecular weight is 502 g/mol. The first-order valence-corrected chi connectivity index (χ1v) is 9.98. The highest BCUT2D eigenvalue weighted by molar-refractivity contribution is 14.0. The second-order valence-electron chi connectivity index (χ2n) is 6.68. The molecule has 1 heterocycles. The minimum Gasteiger partial charge on any atom is -0.493 e. The summed E-state index contributed by atoms with van der Waals surface area (Å²) in [6.45, 7) is 12.7. The van der Waals surface area contributed by atoms with E-state index in [0.717, 1.165) is 29.9 Å². The van der Waals surface area contributed by atoms with Gasteiger partial charge in [0.1, 0.15) is 5.75 Å². The van der Waals surface area contributed by atoms with Gasteiger partial charge in [-0.3, -0.25) is 0 Å². The fourth-order valence-electron chi connectivity index (χ4n) is 2.36. The number of guanidine groups is 1. The van der Waals surface area contributed by atoms with E-state index in [0.29, 0.717) is 12.5 Å². The van der Waals surface area contributed by atoms with Crippen molar-refractivity contribution in [3.8, 4) is 5.75 Å². The van der Waals surface area contributed by atoms with Gasteiger partial charge in [0.2, 0.25) is 0 Å². The van der Waals surface area contributed by atoms with Crippen molar-refractivity contribution >= 4 is 41.3 Å². The van der Waals surface area contributed by atoms with Gasteiger partial charge in [-0.2, -0.15) is 0 Å². The molecule has 2 rings (SSSR count). The summed E-state index contributed by atoms with van der Waals surface area (Å²) in [7, 11) is 0. The standard InChI is InChI=1S/C20H30N4OS.HI/c1-6-21-20(23-12-19-11-22-16(5)26-19)24-15(4)17-7-9-18(10-8-17)25-13-14(2)3;/h7-11,14-15H,6,12-13H2,1-5H3,(H2,21,23,24);1H. The molecular formula is C20H31IN4OS. The second-order valence-corrected chi connectivity index (χ2v) is 8.00. The molecule has 0 amide bonds. The molecule has 0 saturated heterocycles. The summed E-state index contributed by atoms with van der Waals surface area (Å²) in [5.74, 6) is 2.25. The summed E-state index contributed by atoms with van der Waals surface area (Å²) in [6.07, 6.45) is 1.90. The summed E-state index contributed by atoms with van der Waals surface area (Å²) in [6, 6.07) is 8.41. The van der Waals surface area contributed by atoms with E-state index in [4.69, 9.17) is 4.74 Å². The number of rotatable bonds is 8. The van der Waals surface area contributed by atoms with Crippen LogP contribution in [0.1, 0.15) is 49.2 Å². The molecular weight excluding hydrogens is 471 g/mol. The third-order valence-corrected chi connectivity index (χ3v) is 4.62. The van der Waals surface area contributed by atoms with E-state index in [1.807, 2.05) is 25.3 Å². The van der Waals surface area contributed by atoms with Crippen molar-refractivity contribution in [2.45, 2.75) is 47.2 Å². The van der Waals surface area contributed by atoms with Crippen LogP contribution in [0.2, 0.25) is 0 Å². The van der Waals surface area contributed by atoms with Crippen LogP contribution >= 0.6 is 35.3 Å². The number of hydrogen-bond acceptors (Lipinski definition) is 4. The highest BCUT2D eigenvalue weighted by atomic mass is 127. The molecule has 27 heavy (non-hydrogen) atoms. The van der Waals surface area contributed by atoms with Crippen LogP contribution in [0.15, 0.2) is 35.5 Å². The number of nitrogens with zero attached hydrogens (tertiary/aromatic N) is 2. The number of thiazole rings is 1. The Bertz CT molecular complexity index is 700. The number of halogens is 1. The molecule has 2 aromatic rings. The SMILES string of the molecule is CCNC(=NCc1cnc(C)s1)NC(C)c1ccc(OCC(C)C)cc1.I. The van der Waals surface area contributed by atoms with Gasteiger partial charge in [-0.1, -0.05) is 26.0 Å². The van der Waals surface area contributed by atoms with E-state index < -0.39 is 0 Å². The van der Waals surface area contributed by atoms with Gasteiger partial charge in [0.25, 0.3) is 0 Å². The zero-order chi connectivity index (χ0) is 18.9. The van der Waals surface area contributed by atoms with Gasteiger partial charge in [-0.25, -0.2) is 9.98 Å². The van der Waals surface area contributed by atoms with Gasteiger partial charge in [-0.05, 0) is 44.4 Å². The number of hydrogen-bond donors (Lipinski definition) is 2. The van der Waals surface area contributed by atoms with E-state index >= 15 is 0 Å². The fraction of sp³-hybridized carbons (Fsp3) is 0.500. The van der Waals surface area contributed by atoms with Crippen molar-refractivity contribution in [2.75, 3.05) is 13.2 Å². The number of aliphatic imine (C=N–C) groups is 1. The maximum atomic E-state index is 5.75. The first-order chi connectivity index (χ1) is 12.5. The molecule has 0 aliphatic heterocycles. The lowest BCUT2D eigenvalue weighted by molar-refractivity contribution is 0.271. The third kappa shape index (κ3) is 8.47. The van der Waals surface area contributed by atoms with E-state index in [1.54, 1.807) is 11.3 Å². The molecule has 0 saturated carbocycles. The van der Waals surface area contributed by atoms with Crippen LogP contribution < -0.4 is 15.4 Å². The predicted molar refractivity (Wildman–Crippen MR) is 125 cm³/mol. The maximum Gasteiger partial charge on any atom is 0.192 e. The van der Waals surface area contributed by atoms with Crippen LogP contribution in [0.25, 0.3) is 0 Å². The van der Waals surface area contributed by atoms with E-state index in [-0.39, 0.29) is 30.0 Å². The van der Waals surface area contributed by atoms with Crippen molar-refractivity contribution < 1.29 is 4.74 Å². The molecule has 150 valence electrons. The van der Waals surface area contributed by atoms with Crippen LogP contribution in [0, 0.1) is 12.8 Å². The van der Waals surface area contributed by atoms with Gasteiger partial charge in [0.15, 0.2) is 5.96 Å². The zero-order valence-electron chi connectivity index (χ0n) is 16.8. The zero-order valence-corrected chi connectivity index (χ0v) is 19.9. The molecule has 0 fully saturated rings. The van der Waals surface area contributed by atoms with Crippen molar-refractivity contribution in [1.29, 1.82) is 0 Å². The Morgan fingerprint density at radius 2 is 1.93 bits per heavy atom. The highest BCUT2D eigenvalue weighted by Gasteiger charge is 2.09. The van der Waals surface area contributed by atoms with Gasteiger partial charge >= 0.3 is 0 Å². The summed E-state index contributed by atoms with van der Waals surface area (Å²) in [5.41, 5.74) is 1.20. The maximum absolute atomic E-state index is 5.75. The highest BCUT2D eigenvalue weighted by Crippen LogP contribution is 2.18. The molecule has 1 aromatic carbocycles. The molecule has 7 heteroatoms. The topological polar surface area (TPSA) is 58.5 Å². The lowest BCUT2D eigenvalue weighted by Crippen LogP contribution is -2.38. The van der Waals surface area contributed by atoms with Crippen LogP contribution in [-0.4, -0.2) is 24.1 Å². The first-order valence-electron chi connectivity index (χ1n) is 9.16. The van der Waals surface area contributed by atoms with Gasteiger partial charge in [-0.15, -0.1) is 35.3 Å². The summed E-state index contributed by atoms with van der Waals surface area (Å²) < 4.78 is 5.75. The summed E-state index contributed by atoms with van der Waals surface area (Å²) in [5, 5.41) is 7.84. The Morgan fingerprint density at radius 1 is 1.22 bits per heavy atom. The number of ether oxygens (including phenoxy) is 1. The summed E-state index contributed by atoms with van der Waals surface area (Å²) in [4.78, 5) is 10.1. The normalized spacial score (nSPS) is 12.4. The lowest BCUT2D eigenvalue weighted by atomic mass is 10.1. The molecule has 1 aromatic heterocycles. The first kappa shape index (κ1) is 23.7. The van der Waals surface area contributed by atoms with Crippen LogP contribution in [0.3, 0.4) is 0 Å². The van der Waals surface area contributed by atoms with E-state index in [9.17, 15) is 0 Å². The molecule has 1 unspecified atom stereocenters. The van der Waals surface area contributed by atoms with Crippen LogP contribution in [0.4, 0.5) is 0 Å². The van der Waals surface area contributed by atoms with Crippen molar-refractivity contribution in [2.24, 2.45) is 10.9 Å². The minimum absolute atomic E-state index is 0. The van der Waals surface area contributed by atoms with Gasteiger partial charge in [0.05, 0.1) is 24.2 Å². The number of aromatic nitrogens is 1. The third-order valence-electron chi connectivity index (χ3n) is 3.72. The number of aryl methyl sites for hydroxylation is 1. The Balaban J connectivity index is 0.00000364. The predicted octanol–water partition coefficient (Wildman–Crippen LogP) is 4.92. The van der Waals surface area contributed by atoms with Gasteiger partial charge < -0.3 is 15.4 Å². The molecule has 0 bridgehead atoms.